The van der Waals surface area contributed by atoms with Crippen LogP contribution in [-0.2, 0) is 26.8 Å². The van der Waals surface area contributed by atoms with Crippen molar-refractivity contribution in [2.24, 2.45) is 7.05 Å². The van der Waals surface area contributed by atoms with Gasteiger partial charge in [-0.3, -0.25) is 13.5 Å². The largest absolute Gasteiger partial charge is 0.307 e. The summed E-state index contributed by atoms with van der Waals surface area (Å²) < 4.78 is 46.7. The molecule has 0 saturated heterocycles. The van der Waals surface area contributed by atoms with E-state index in [0.29, 0.717) is 15.1 Å². The van der Waals surface area contributed by atoms with E-state index in [9.17, 15) is 17.4 Å². The molecule has 2 heterocycles. The second kappa shape index (κ2) is 8.23. The van der Waals surface area contributed by atoms with Gasteiger partial charge in [0, 0.05) is 16.9 Å². The second-order valence-electron chi connectivity index (χ2n) is 6.99. The molecule has 0 saturated carbocycles. The number of thiophene rings is 1. The number of anilines is 2. The van der Waals surface area contributed by atoms with Crippen molar-refractivity contribution in [1.82, 2.24) is 3.96 Å². The van der Waals surface area contributed by atoms with Crippen LogP contribution >= 0.6 is 34.5 Å². The fourth-order valence-electron chi connectivity index (χ4n) is 3.05. The Hall–Kier alpha value is -2.31. The van der Waals surface area contributed by atoms with Gasteiger partial charge >= 0.3 is 0 Å². The number of nitrogens with zero attached hydrogens (tertiary/aromatic N) is 1. The highest BCUT2D eigenvalue weighted by molar-refractivity contribution is 8.03. The summed E-state index contributed by atoms with van der Waals surface area (Å²) >= 11 is 8.43. The minimum atomic E-state index is -4.07. The Morgan fingerprint density at radius 3 is 2.44 bits per heavy atom. The van der Waals surface area contributed by atoms with Crippen molar-refractivity contribution in [1.29, 1.82) is 0 Å². The lowest BCUT2D eigenvalue weighted by molar-refractivity contribution is 0.601. The highest BCUT2D eigenvalue weighted by Crippen LogP contribution is 2.32. The monoisotopic (exact) mass is 527 g/mol. The average Bonchev–Trinajstić information content (AvgIpc) is 3.27. The molecule has 4 aromatic rings. The Morgan fingerprint density at radius 1 is 1.00 bits per heavy atom. The highest BCUT2D eigenvalue weighted by atomic mass is 35.5. The Bertz CT molecular complexity index is 1620. The molecule has 32 heavy (non-hydrogen) atoms. The van der Waals surface area contributed by atoms with E-state index in [2.05, 4.69) is 15.3 Å². The number of hydrogen-bond donors (Lipinski definition) is 2. The van der Waals surface area contributed by atoms with Crippen molar-refractivity contribution in [2.75, 3.05) is 9.44 Å². The Balaban J connectivity index is 1.72. The molecule has 7 nitrogen and oxygen atoms in total. The van der Waals surface area contributed by atoms with E-state index >= 15 is 0 Å². The lowest BCUT2D eigenvalue weighted by Crippen LogP contribution is -2.17. The van der Waals surface area contributed by atoms with Gasteiger partial charge in [0.05, 0.1) is 36.9 Å². The molecule has 0 radical (unpaired) electrons. The van der Waals surface area contributed by atoms with Crippen LogP contribution in [0.15, 0.2) is 62.4 Å². The Kier molecular flexibility index (Phi) is 5.88. The van der Waals surface area contributed by atoms with Crippen molar-refractivity contribution in [3.8, 4) is 0 Å². The van der Waals surface area contributed by atoms with Crippen LogP contribution in [0.2, 0.25) is 5.02 Å². The zero-order valence-electron chi connectivity index (χ0n) is 16.9. The summed E-state index contributed by atoms with van der Waals surface area (Å²) in [4.78, 5) is 13.0. The molecule has 0 aliphatic carbocycles. The summed E-state index contributed by atoms with van der Waals surface area (Å²) in [6, 6.07) is 12.4. The smallest absolute Gasteiger partial charge is 0.261 e. The molecule has 0 aliphatic heterocycles. The van der Waals surface area contributed by atoms with E-state index in [1.807, 2.05) is 13.0 Å². The van der Waals surface area contributed by atoms with Crippen LogP contribution in [0.4, 0.5) is 11.4 Å². The van der Waals surface area contributed by atoms with E-state index in [4.69, 9.17) is 11.6 Å². The Labute approximate surface area is 198 Å². The number of rotatable bonds is 6. The van der Waals surface area contributed by atoms with Gasteiger partial charge < -0.3 is 4.72 Å². The number of sulfonamides is 1. The molecule has 168 valence electrons. The van der Waals surface area contributed by atoms with Crippen molar-refractivity contribution in [2.45, 2.75) is 16.0 Å². The summed E-state index contributed by atoms with van der Waals surface area (Å²) in [7, 11) is -5.27. The van der Waals surface area contributed by atoms with Crippen LogP contribution in [-0.4, -0.2) is 22.5 Å². The first kappa shape index (κ1) is 22.9. The van der Waals surface area contributed by atoms with Crippen LogP contribution in [0, 0.1) is 6.92 Å². The van der Waals surface area contributed by atoms with Gasteiger partial charge in [0.15, 0.2) is 0 Å². The van der Waals surface area contributed by atoms with Gasteiger partial charge in [-0.15, -0.1) is 11.3 Å². The van der Waals surface area contributed by atoms with Crippen molar-refractivity contribution in [3.05, 3.63) is 68.0 Å². The minimum absolute atomic E-state index is 0.0735. The lowest BCUT2D eigenvalue weighted by atomic mass is 10.2. The van der Waals surface area contributed by atoms with Gasteiger partial charge in [0.25, 0.3) is 14.8 Å². The van der Waals surface area contributed by atoms with E-state index in [0.717, 1.165) is 16.4 Å². The van der Waals surface area contributed by atoms with Crippen molar-refractivity contribution in [3.63, 3.8) is 0 Å². The fraction of sp³-hybridized carbons (Fsp3) is 0.100. The van der Waals surface area contributed by atoms with Crippen LogP contribution in [0.5, 0.6) is 0 Å². The summed E-state index contributed by atoms with van der Waals surface area (Å²) in [6.45, 7) is 1.89. The maximum atomic E-state index is 13.2. The number of aromatic nitrogens is 1. The minimum Gasteiger partial charge on any atom is -0.307 e. The van der Waals surface area contributed by atoms with Gasteiger partial charge in [-0.25, -0.2) is 12.6 Å². The first-order valence-corrected chi connectivity index (χ1v) is 14.3. The predicted molar refractivity (Wildman–Crippen MR) is 136 cm³/mol. The molecule has 0 bridgehead atoms. The maximum Gasteiger partial charge on any atom is 0.261 e. The third-order valence-corrected chi connectivity index (χ3v) is 10.2. The van der Waals surface area contributed by atoms with E-state index in [-0.39, 0.29) is 26.0 Å². The van der Waals surface area contributed by atoms with E-state index in [1.54, 1.807) is 29.2 Å². The molecule has 4 rings (SSSR count). The highest BCUT2D eigenvalue weighted by Gasteiger charge is 2.20. The van der Waals surface area contributed by atoms with E-state index < -0.39 is 19.7 Å². The molecule has 0 fully saturated rings. The number of aryl methyl sites for hydroxylation is 2. The first-order valence-electron chi connectivity index (χ1n) is 9.10. The third-order valence-electron chi connectivity index (χ3n) is 4.60. The molecule has 2 N–H and O–H groups in total. The standard InChI is InChI=1S/C20H18ClN3O4S4/c1-12-4-9-19(29-12)31(3,26)22-16-7-5-13(21)10-17(16)23-32(27,28)14-6-8-18-15(11-14)20(25)30-24(18)2/h4-11,23H,3H2,1-2H3,(H,22,26). The zero-order valence-corrected chi connectivity index (χ0v) is 20.9. The molecule has 1 atom stereocenters. The SMILES string of the molecule is C=S(=O)(Nc1ccc(Cl)cc1NS(=O)(=O)c1ccc2c(c1)c(=O)sn2C)c1ccc(C)s1. The van der Waals surface area contributed by atoms with E-state index in [1.165, 1.54) is 35.6 Å². The molecule has 2 aromatic carbocycles. The zero-order chi connectivity index (χ0) is 23.3. The van der Waals surface area contributed by atoms with Gasteiger partial charge in [-0.2, -0.15) is 0 Å². The van der Waals surface area contributed by atoms with Gasteiger partial charge in [0.1, 0.15) is 4.21 Å². The van der Waals surface area contributed by atoms with Crippen molar-refractivity contribution >= 4 is 82.3 Å². The molecule has 12 heteroatoms. The van der Waals surface area contributed by atoms with Gasteiger partial charge in [0.2, 0.25) is 0 Å². The lowest BCUT2D eigenvalue weighted by Gasteiger charge is -2.17. The molecule has 0 aliphatic rings. The Morgan fingerprint density at radius 2 is 1.75 bits per heavy atom. The molecular formula is C20H18ClN3O4S4. The van der Waals surface area contributed by atoms with Gasteiger partial charge in [-0.05, 0) is 72.9 Å². The third kappa shape index (κ3) is 4.44. The van der Waals surface area contributed by atoms with Crippen molar-refractivity contribution < 1.29 is 12.6 Å². The number of nitrogens with one attached hydrogen (secondary N) is 2. The topological polar surface area (TPSA) is 97.3 Å². The molecular weight excluding hydrogens is 510 g/mol. The normalized spacial score (nSPS) is 13.7. The van der Waals surface area contributed by atoms with Gasteiger partial charge in [-0.1, -0.05) is 11.6 Å². The number of halogens is 1. The number of hydrogen-bond acceptors (Lipinski definition) is 6. The summed E-state index contributed by atoms with van der Waals surface area (Å²) in [5.41, 5.74) is 1.02. The molecule has 1 unspecified atom stereocenters. The first-order chi connectivity index (χ1) is 15.0. The van der Waals surface area contributed by atoms with Crippen LogP contribution in [0.25, 0.3) is 10.9 Å². The summed E-state index contributed by atoms with van der Waals surface area (Å²) in [5.74, 6) is 3.79. The second-order valence-corrected chi connectivity index (χ2v) is 13.8. The fourth-order valence-corrected chi connectivity index (χ4v) is 7.66. The molecule has 2 aromatic heterocycles. The molecule has 0 spiro atoms. The summed E-state index contributed by atoms with van der Waals surface area (Å²) in [6.07, 6.45) is 0. The number of fused-ring (bicyclic) bond motifs is 1. The van der Waals surface area contributed by atoms with Crippen LogP contribution < -0.4 is 14.2 Å². The van der Waals surface area contributed by atoms with Crippen LogP contribution in [0.1, 0.15) is 4.88 Å². The quantitative estimate of drug-likeness (QED) is 0.360. The number of benzene rings is 2. The average molecular weight is 528 g/mol. The summed E-state index contributed by atoms with van der Waals surface area (Å²) in [5, 5.41) is 0.608. The molecule has 0 amide bonds. The van der Waals surface area contributed by atoms with Crippen LogP contribution in [0.3, 0.4) is 0 Å². The maximum absolute atomic E-state index is 13.2. The predicted octanol–water partition coefficient (Wildman–Crippen LogP) is 4.53.